The molecule has 0 aliphatic carbocycles. The maximum absolute atomic E-state index is 10.4. The highest BCUT2D eigenvalue weighted by molar-refractivity contribution is 6.32. The summed E-state index contributed by atoms with van der Waals surface area (Å²) in [6.07, 6.45) is 0.652. The number of nitrogens with two attached hydrogens (primary N) is 1. The monoisotopic (exact) mass is 292 g/mol. The Morgan fingerprint density at radius 1 is 1.30 bits per heavy atom. The van der Waals surface area contributed by atoms with E-state index in [4.69, 9.17) is 26.8 Å². The first-order valence-corrected chi connectivity index (χ1v) is 6.52. The molecule has 5 nitrogen and oxygen atoms in total. The number of aliphatic hydroxyl groups excluding tert-OH is 1. The van der Waals surface area contributed by atoms with E-state index in [1.807, 2.05) is 0 Å². The van der Waals surface area contributed by atoms with Crippen molar-refractivity contribution in [2.45, 2.75) is 6.10 Å². The van der Waals surface area contributed by atoms with Gasteiger partial charge >= 0.3 is 0 Å². The molecule has 0 saturated heterocycles. The highest BCUT2D eigenvalue weighted by Crippen LogP contribution is 2.40. The molecule has 6 heteroatoms. The molecule has 1 atom stereocenters. The Bertz CT molecular complexity index is 648. The zero-order chi connectivity index (χ0) is 14.1. The SMILES string of the molecule is Nc1ncccc1C(O)c1cc(Cl)c2c(c1)OCCO2. The minimum absolute atomic E-state index is 0.283. The van der Waals surface area contributed by atoms with Gasteiger partial charge in [-0.05, 0) is 23.8 Å². The zero-order valence-electron chi connectivity index (χ0n) is 10.5. The number of aromatic nitrogens is 1. The lowest BCUT2D eigenvalue weighted by Gasteiger charge is -2.22. The summed E-state index contributed by atoms with van der Waals surface area (Å²) >= 11 is 6.16. The minimum atomic E-state index is -0.919. The van der Waals surface area contributed by atoms with Crippen LogP contribution in [0.3, 0.4) is 0 Å². The van der Waals surface area contributed by atoms with E-state index in [1.165, 1.54) is 0 Å². The van der Waals surface area contributed by atoms with Gasteiger partial charge in [0, 0.05) is 11.8 Å². The van der Waals surface area contributed by atoms with Crippen molar-refractivity contribution in [3.63, 3.8) is 0 Å². The minimum Gasteiger partial charge on any atom is -0.486 e. The Kier molecular flexibility index (Phi) is 3.38. The Balaban J connectivity index is 2.02. The molecule has 2 heterocycles. The number of hydrogen-bond acceptors (Lipinski definition) is 5. The van der Waals surface area contributed by atoms with Crippen LogP contribution in [0.15, 0.2) is 30.5 Å². The van der Waals surface area contributed by atoms with Gasteiger partial charge in [0.15, 0.2) is 11.5 Å². The molecule has 0 bridgehead atoms. The largest absolute Gasteiger partial charge is 0.486 e. The molecule has 3 rings (SSSR count). The third-order valence-electron chi connectivity index (χ3n) is 3.10. The number of benzene rings is 1. The van der Waals surface area contributed by atoms with Gasteiger partial charge in [0.1, 0.15) is 25.1 Å². The second-order valence-electron chi connectivity index (χ2n) is 4.41. The van der Waals surface area contributed by atoms with E-state index in [0.29, 0.717) is 40.9 Å². The highest BCUT2D eigenvalue weighted by atomic mass is 35.5. The van der Waals surface area contributed by atoms with E-state index in [-0.39, 0.29) is 5.82 Å². The van der Waals surface area contributed by atoms with Crippen LogP contribution in [0.2, 0.25) is 5.02 Å². The second kappa shape index (κ2) is 5.19. The van der Waals surface area contributed by atoms with Gasteiger partial charge in [-0.15, -0.1) is 0 Å². The van der Waals surface area contributed by atoms with Gasteiger partial charge in [0.05, 0.1) is 5.02 Å². The van der Waals surface area contributed by atoms with Crippen LogP contribution in [0.25, 0.3) is 0 Å². The molecule has 1 unspecified atom stereocenters. The molecule has 1 aliphatic heterocycles. The highest BCUT2D eigenvalue weighted by Gasteiger charge is 2.21. The van der Waals surface area contributed by atoms with Gasteiger partial charge in [0.25, 0.3) is 0 Å². The van der Waals surface area contributed by atoms with Crippen molar-refractivity contribution < 1.29 is 14.6 Å². The van der Waals surface area contributed by atoms with Gasteiger partial charge in [-0.2, -0.15) is 0 Å². The van der Waals surface area contributed by atoms with Crippen molar-refractivity contribution in [2.75, 3.05) is 18.9 Å². The number of anilines is 1. The first kappa shape index (κ1) is 13.0. The average Bonchev–Trinajstić information content (AvgIpc) is 2.47. The third kappa shape index (κ3) is 2.26. The Morgan fingerprint density at radius 2 is 2.10 bits per heavy atom. The van der Waals surface area contributed by atoms with Crippen molar-refractivity contribution in [3.05, 3.63) is 46.6 Å². The van der Waals surface area contributed by atoms with Crippen molar-refractivity contribution in [1.29, 1.82) is 0 Å². The van der Waals surface area contributed by atoms with E-state index in [0.717, 1.165) is 0 Å². The van der Waals surface area contributed by atoms with Crippen molar-refractivity contribution >= 4 is 17.4 Å². The van der Waals surface area contributed by atoms with E-state index < -0.39 is 6.10 Å². The van der Waals surface area contributed by atoms with Gasteiger partial charge < -0.3 is 20.3 Å². The summed E-state index contributed by atoms with van der Waals surface area (Å²) in [5, 5.41) is 10.8. The lowest BCUT2D eigenvalue weighted by atomic mass is 10.0. The van der Waals surface area contributed by atoms with Crippen LogP contribution >= 0.6 is 11.6 Å². The molecule has 0 radical (unpaired) electrons. The maximum Gasteiger partial charge on any atom is 0.179 e. The second-order valence-corrected chi connectivity index (χ2v) is 4.81. The topological polar surface area (TPSA) is 77.6 Å². The molecule has 1 aliphatic rings. The predicted octanol–water partition coefficient (Wildman–Crippen LogP) is 2.17. The molecule has 104 valence electrons. The molecule has 1 aromatic heterocycles. The van der Waals surface area contributed by atoms with Crippen molar-refractivity contribution in [3.8, 4) is 11.5 Å². The first-order valence-electron chi connectivity index (χ1n) is 6.14. The quantitative estimate of drug-likeness (QED) is 0.887. The molecule has 0 spiro atoms. The lowest BCUT2D eigenvalue weighted by molar-refractivity contribution is 0.170. The molecule has 1 aromatic carbocycles. The van der Waals surface area contributed by atoms with Crippen molar-refractivity contribution in [2.24, 2.45) is 0 Å². The summed E-state index contributed by atoms with van der Waals surface area (Å²) < 4.78 is 10.9. The van der Waals surface area contributed by atoms with Gasteiger partial charge in [-0.3, -0.25) is 0 Å². The number of nitrogen functional groups attached to an aromatic ring is 1. The zero-order valence-corrected chi connectivity index (χ0v) is 11.3. The number of hydrogen-bond donors (Lipinski definition) is 2. The van der Waals surface area contributed by atoms with E-state index in [1.54, 1.807) is 30.5 Å². The molecular weight excluding hydrogens is 280 g/mol. The first-order chi connectivity index (χ1) is 9.66. The lowest BCUT2D eigenvalue weighted by Crippen LogP contribution is -2.16. The summed E-state index contributed by atoms with van der Waals surface area (Å²) in [5.74, 6) is 1.32. The van der Waals surface area contributed by atoms with Gasteiger partial charge in [0.2, 0.25) is 0 Å². The standard InChI is InChI=1S/C14H13ClN2O3/c15-10-6-8(7-11-13(10)20-5-4-19-11)12(18)9-2-1-3-17-14(9)16/h1-3,6-7,12,18H,4-5H2,(H2,16,17). The fourth-order valence-corrected chi connectivity index (χ4v) is 2.40. The maximum atomic E-state index is 10.4. The molecule has 0 saturated carbocycles. The molecular formula is C14H13ClN2O3. The van der Waals surface area contributed by atoms with Crippen molar-refractivity contribution in [1.82, 2.24) is 4.98 Å². The van der Waals surface area contributed by atoms with Crippen LogP contribution in [-0.2, 0) is 0 Å². The Morgan fingerprint density at radius 3 is 2.90 bits per heavy atom. The molecule has 0 fully saturated rings. The summed E-state index contributed by atoms with van der Waals surface area (Å²) in [6.45, 7) is 0.919. The van der Waals surface area contributed by atoms with Crippen LogP contribution < -0.4 is 15.2 Å². The van der Waals surface area contributed by atoms with Crippen LogP contribution in [0.5, 0.6) is 11.5 Å². The predicted molar refractivity (Wildman–Crippen MR) is 75.2 cm³/mol. The van der Waals surface area contributed by atoms with Crippen LogP contribution in [0.1, 0.15) is 17.2 Å². The molecule has 20 heavy (non-hydrogen) atoms. The summed E-state index contributed by atoms with van der Waals surface area (Å²) in [4.78, 5) is 3.96. The Hall–Kier alpha value is -1.98. The fraction of sp³-hybridized carbons (Fsp3) is 0.214. The number of ether oxygens (including phenoxy) is 2. The number of nitrogens with zero attached hydrogens (tertiary/aromatic N) is 1. The van der Waals surface area contributed by atoms with E-state index in [9.17, 15) is 5.11 Å². The average molecular weight is 293 g/mol. The number of pyridine rings is 1. The molecule has 3 N–H and O–H groups in total. The number of rotatable bonds is 2. The number of halogens is 1. The normalized spacial score (nSPS) is 14.9. The summed E-state index contributed by atoms with van der Waals surface area (Å²) in [5.41, 5.74) is 6.88. The van der Waals surface area contributed by atoms with Gasteiger partial charge in [-0.25, -0.2) is 4.98 Å². The van der Waals surface area contributed by atoms with Crippen LogP contribution in [-0.4, -0.2) is 23.3 Å². The smallest absolute Gasteiger partial charge is 0.179 e. The molecule has 0 amide bonds. The van der Waals surface area contributed by atoms with Gasteiger partial charge in [-0.1, -0.05) is 17.7 Å². The third-order valence-corrected chi connectivity index (χ3v) is 3.38. The van der Waals surface area contributed by atoms with E-state index >= 15 is 0 Å². The Labute approximate surface area is 120 Å². The number of aliphatic hydroxyl groups is 1. The molecule has 2 aromatic rings. The van der Waals surface area contributed by atoms with Crippen LogP contribution in [0, 0.1) is 0 Å². The fourth-order valence-electron chi connectivity index (χ4n) is 2.13. The van der Waals surface area contributed by atoms with E-state index in [2.05, 4.69) is 4.98 Å². The summed E-state index contributed by atoms with van der Waals surface area (Å²) in [6, 6.07) is 6.79. The van der Waals surface area contributed by atoms with Crippen LogP contribution in [0.4, 0.5) is 5.82 Å². The number of fused-ring (bicyclic) bond motifs is 1. The summed E-state index contributed by atoms with van der Waals surface area (Å²) in [7, 11) is 0.